The summed E-state index contributed by atoms with van der Waals surface area (Å²) in [7, 11) is 0.122. The van der Waals surface area contributed by atoms with E-state index >= 15 is 0 Å². The molecule has 25 heteroatoms. The summed E-state index contributed by atoms with van der Waals surface area (Å²) in [5, 5.41) is 17.4. The summed E-state index contributed by atoms with van der Waals surface area (Å²) in [6, 6.07) is 49.8. The van der Waals surface area contributed by atoms with E-state index in [2.05, 4.69) is 92.2 Å². The number of hydrogen-bond donors (Lipinski definition) is 4. The molecule has 0 aliphatic carbocycles. The van der Waals surface area contributed by atoms with Gasteiger partial charge in [-0.15, -0.1) is 0 Å². The molecule has 0 radical (unpaired) electrons. The molecule has 109 heavy (non-hydrogen) atoms. The Kier molecular flexibility index (Phi) is 26.7. The van der Waals surface area contributed by atoms with E-state index in [0.717, 1.165) is 96.9 Å². The van der Waals surface area contributed by atoms with Gasteiger partial charge in [-0.25, -0.2) is 14.4 Å². The van der Waals surface area contributed by atoms with Crippen LogP contribution in [0.15, 0.2) is 195 Å². The number of carbonyl (C=O) groups is 9. The molecule has 1 aliphatic rings. The first-order valence-corrected chi connectivity index (χ1v) is 41.7. The Labute approximate surface area is 634 Å². The number of Topliss-reactive ketones (excluding diaryl/α,β-unsaturated/α-hetero) is 3. The van der Waals surface area contributed by atoms with Crippen LogP contribution in [0.25, 0.3) is 76.7 Å². The highest BCUT2D eigenvalue weighted by Crippen LogP contribution is 2.39. The number of rotatable bonds is 23. The minimum Gasteiger partial charge on any atom is -0.463 e. The van der Waals surface area contributed by atoms with E-state index in [1.807, 2.05) is 189 Å². The van der Waals surface area contributed by atoms with E-state index in [4.69, 9.17) is 14.6 Å². The average molecular weight is 1510 g/mol. The zero-order valence-corrected chi connectivity index (χ0v) is 66.0. The molecule has 3 amide bonds. The standard InChI is InChI=1S/C23H19N3O3.2C20H29NO4Si.C11H9NO3.C10H10N2O/c27-13-5-11-25-14-17(16-7-2-4-9-19(16)25)20-21(23(29)24-22(20)28)26-12-10-15-6-1-3-8-18(15)26;2*1-20(2,3)26(5,6)25-13-9-12-21-14-16(18(22)19(23)24-4)15-10-7-8-11-17(15)21;1-15-11(14)10(13)8-6-12-9-5-3-2-4-7(8)9;11-10(13)7-12-6-5-8-3-1-2-4-9(8)12/h1-4,6-10,12,14,27H,5,11,13H2,(H,24,28,29);2*7-8,10-11,14H,9,12-13H2,1-6H3;2-6,12H,1H3;1-6H,7H2,(H2,11,13). The molecule has 0 fully saturated rings. The maximum atomic E-state index is 12.8. The lowest BCUT2D eigenvalue weighted by Gasteiger charge is -2.36. The average Bonchev–Trinajstić information content (AvgIpc) is 1.57. The maximum absolute atomic E-state index is 12.8. The van der Waals surface area contributed by atoms with Crippen molar-refractivity contribution in [3.05, 3.63) is 217 Å². The van der Waals surface area contributed by atoms with Crippen molar-refractivity contribution in [3.8, 4) is 0 Å². The van der Waals surface area contributed by atoms with E-state index in [9.17, 15) is 48.3 Å². The molecule has 570 valence electrons. The number of primary amides is 1. The Hall–Kier alpha value is -11.4. The number of aryl methyl sites for hydroxylation is 3. The highest BCUT2D eigenvalue weighted by atomic mass is 28.4. The van der Waals surface area contributed by atoms with Crippen LogP contribution >= 0.6 is 0 Å². The molecule has 7 heterocycles. The number of ether oxygens (including phenoxy) is 3. The Morgan fingerprint density at radius 2 is 0.862 bits per heavy atom. The largest absolute Gasteiger partial charge is 0.463 e. The van der Waals surface area contributed by atoms with Gasteiger partial charge >= 0.3 is 17.9 Å². The molecule has 23 nitrogen and oxygen atoms in total. The van der Waals surface area contributed by atoms with Crippen molar-refractivity contribution in [2.45, 2.75) is 123 Å². The van der Waals surface area contributed by atoms with Crippen LogP contribution in [0.1, 0.15) is 97.4 Å². The van der Waals surface area contributed by atoms with Gasteiger partial charge in [-0.05, 0) is 115 Å². The zero-order chi connectivity index (χ0) is 79.1. The Bertz CT molecular complexity index is 5240. The number of aliphatic hydroxyl groups is 1. The molecule has 12 aromatic rings. The van der Waals surface area contributed by atoms with Gasteiger partial charge in [0.15, 0.2) is 16.6 Å². The predicted molar refractivity (Wildman–Crippen MR) is 430 cm³/mol. The lowest BCUT2D eigenvalue weighted by molar-refractivity contribution is -0.135. The first-order valence-electron chi connectivity index (χ1n) is 35.9. The molecule has 5 N–H and O–H groups in total. The van der Waals surface area contributed by atoms with Crippen LogP contribution < -0.4 is 11.1 Å². The third kappa shape index (κ3) is 19.0. The highest BCUT2D eigenvalue weighted by molar-refractivity contribution is 6.74. The number of fused-ring (bicyclic) bond motifs is 6. The Morgan fingerprint density at radius 3 is 1.35 bits per heavy atom. The second kappa shape index (κ2) is 35.6. The molecular formula is C84H96N8O15Si2. The number of hydrogen-bond acceptors (Lipinski definition) is 15. The van der Waals surface area contributed by atoms with Crippen LogP contribution in [0.2, 0.25) is 36.3 Å². The number of aliphatic hydroxyl groups excluding tert-OH is 1. The number of amides is 3. The van der Waals surface area contributed by atoms with Gasteiger partial charge in [-0.3, -0.25) is 34.1 Å². The summed E-state index contributed by atoms with van der Waals surface area (Å²) < 4.78 is 35.7. The number of imide groups is 1. The molecule has 0 unspecified atom stereocenters. The number of nitrogens with zero attached hydrogens (tertiary/aromatic N) is 5. The normalized spacial score (nSPS) is 12.4. The second-order valence-corrected chi connectivity index (χ2v) is 38.8. The van der Waals surface area contributed by atoms with E-state index in [0.29, 0.717) is 54.1 Å². The maximum Gasteiger partial charge on any atom is 0.379 e. The molecule has 1 aliphatic heterocycles. The predicted octanol–water partition coefficient (Wildman–Crippen LogP) is 14.5. The minimum atomic E-state index is -1.75. The molecule has 0 saturated heterocycles. The summed E-state index contributed by atoms with van der Waals surface area (Å²) in [4.78, 5) is 110. The second-order valence-electron chi connectivity index (χ2n) is 29.2. The summed E-state index contributed by atoms with van der Waals surface area (Å²) in [5.74, 6) is -5.49. The van der Waals surface area contributed by atoms with E-state index in [1.165, 1.54) is 27.5 Å². The van der Waals surface area contributed by atoms with Gasteiger partial charge in [-0.2, -0.15) is 0 Å². The minimum absolute atomic E-state index is 0.0874. The van der Waals surface area contributed by atoms with Gasteiger partial charge in [-0.1, -0.05) is 151 Å². The van der Waals surface area contributed by atoms with Crippen LogP contribution in [0.3, 0.4) is 0 Å². The van der Waals surface area contributed by atoms with Gasteiger partial charge in [0.25, 0.3) is 29.2 Å². The topological polar surface area (TPSA) is 299 Å². The SMILES string of the molecule is COC(=O)C(=O)c1c[nH]c2ccccc12.COC(=O)C(=O)c1cn(CCCO[Si](C)(C)C(C)(C)C)c2ccccc12.COC(=O)C(=O)c1cn(CCCO[Si](C)(C)C(C)(C)C)c2ccccc12.NC(=O)Cn1ccc2ccccc21.O=C1NC(=O)C(n2ccc3ccccc32)=C1c1cn(CCCO)c2ccccc12. The van der Waals surface area contributed by atoms with Crippen LogP contribution in [-0.4, -0.2) is 144 Å². The lowest BCUT2D eigenvalue weighted by Crippen LogP contribution is -2.41. The summed E-state index contributed by atoms with van der Waals surface area (Å²) in [6.45, 7) is 26.1. The number of H-pyrrole nitrogens is 1. The zero-order valence-electron chi connectivity index (χ0n) is 64.0. The summed E-state index contributed by atoms with van der Waals surface area (Å²) in [5.41, 5.74) is 13.2. The van der Waals surface area contributed by atoms with Crippen molar-refractivity contribution < 1.29 is 71.3 Å². The highest BCUT2D eigenvalue weighted by Gasteiger charge is 2.39. The molecule has 0 atom stereocenters. The van der Waals surface area contributed by atoms with Gasteiger partial charge in [0.1, 0.15) is 12.2 Å². The first kappa shape index (κ1) is 81.7. The number of esters is 3. The molecule has 13 rings (SSSR count). The summed E-state index contributed by atoms with van der Waals surface area (Å²) in [6.07, 6.45) is 12.9. The quantitative estimate of drug-likeness (QED) is 0.00880. The van der Waals surface area contributed by atoms with Gasteiger partial charge in [0.05, 0.1) is 49.1 Å². The van der Waals surface area contributed by atoms with Crippen LogP contribution in [0.4, 0.5) is 0 Å². The fraction of sp³-hybridized carbons (Fsp3) is 0.298. The number of nitrogens with two attached hydrogens (primary N) is 1. The third-order valence-electron chi connectivity index (χ3n) is 20.0. The van der Waals surface area contributed by atoms with Crippen molar-refractivity contribution in [2.75, 3.05) is 41.2 Å². The molecule has 0 saturated carbocycles. The summed E-state index contributed by atoms with van der Waals surface area (Å²) >= 11 is 0. The van der Waals surface area contributed by atoms with E-state index in [-0.39, 0.29) is 29.1 Å². The van der Waals surface area contributed by atoms with Crippen LogP contribution in [0.5, 0.6) is 0 Å². The van der Waals surface area contributed by atoms with Crippen molar-refractivity contribution in [3.63, 3.8) is 0 Å². The number of para-hydroxylation sites is 6. The smallest absolute Gasteiger partial charge is 0.379 e. The number of ketones is 3. The fourth-order valence-corrected chi connectivity index (χ4v) is 14.3. The molecule has 6 aromatic heterocycles. The molecular weight excluding hydrogens is 1420 g/mol. The third-order valence-corrected chi connectivity index (χ3v) is 29.1. The Morgan fingerprint density at radius 1 is 0.459 bits per heavy atom. The van der Waals surface area contributed by atoms with E-state index in [1.54, 1.807) is 23.0 Å². The fourth-order valence-electron chi connectivity index (χ4n) is 12.2. The van der Waals surface area contributed by atoms with Gasteiger partial charge in [0, 0.05) is 131 Å². The van der Waals surface area contributed by atoms with E-state index < -0.39 is 63.7 Å². The van der Waals surface area contributed by atoms with Crippen molar-refractivity contribution in [1.29, 1.82) is 0 Å². The van der Waals surface area contributed by atoms with Gasteiger partial charge < -0.3 is 61.7 Å². The number of benzene rings is 6. The van der Waals surface area contributed by atoms with Crippen molar-refractivity contribution in [1.82, 2.24) is 33.1 Å². The monoisotopic (exact) mass is 1510 g/mol. The number of nitrogens with one attached hydrogen (secondary N) is 2. The van der Waals surface area contributed by atoms with Crippen LogP contribution in [0, 0.1) is 0 Å². The number of aromatic amines is 1. The van der Waals surface area contributed by atoms with Crippen molar-refractivity contribution >= 4 is 146 Å². The molecule has 0 bridgehead atoms. The number of methoxy groups -OCH3 is 3. The van der Waals surface area contributed by atoms with Crippen LogP contribution in [-0.2, 0) is 78.0 Å². The molecule has 0 spiro atoms. The van der Waals surface area contributed by atoms with Gasteiger partial charge in [0.2, 0.25) is 5.91 Å². The Balaban J connectivity index is 0.000000161. The number of carbonyl (C=O) groups excluding carboxylic acids is 9. The molecule has 6 aromatic carbocycles. The number of aromatic nitrogens is 6. The first-order chi connectivity index (χ1) is 51.9. The lowest BCUT2D eigenvalue weighted by atomic mass is 10.0. The van der Waals surface area contributed by atoms with Crippen molar-refractivity contribution in [2.24, 2.45) is 5.73 Å².